The quantitative estimate of drug-likeness (QED) is 0.834. The molecular weight excluding hydrogens is 216 g/mol. The van der Waals surface area contributed by atoms with E-state index in [0.29, 0.717) is 6.54 Å². The minimum atomic E-state index is -0.329. The predicted octanol–water partition coefficient (Wildman–Crippen LogP) is 1.32. The maximum atomic E-state index is 10.9. The van der Waals surface area contributed by atoms with Gasteiger partial charge < -0.3 is 15.4 Å². The summed E-state index contributed by atoms with van der Waals surface area (Å²) < 4.78 is 1.97. The van der Waals surface area contributed by atoms with Crippen LogP contribution in [0.25, 0.3) is 10.9 Å². The van der Waals surface area contributed by atoms with Crippen molar-refractivity contribution in [3.05, 3.63) is 35.5 Å². The van der Waals surface area contributed by atoms with E-state index in [0.717, 1.165) is 22.2 Å². The van der Waals surface area contributed by atoms with E-state index in [1.165, 1.54) is 0 Å². The third-order valence-corrected chi connectivity index (χ3v) is 3.09. The fourth-order valence-corrected chi connectivity index (χ4v) is 2.21. The number of primary amides is 1. The van der Waals surface area contributed by atoms with Gasteiger partial charge in [0.2, 0.25) is 5.91 Å². The van der Waals surface area contributed by atoms with Gasteiger partial charge in [-0.05, 0) is 18.6 Å². The highest BCUT2D eigenvalue weighted by Crippen LogP contribution is 2.25. The molecule has 0 aliphatic heterocycles. The van der Waals surface area contributed by atoms with E-state index in [9.17, 15) is 9.90 Å². The normalized spacial score (nSPS) is 10.9. The molecule has 1 amide bonds. The zero-order chi connectivity index (χ0) is 12.4. The molecular formula is C13H16N2O2. The minimum Gasteiger partial charge on any atom is -0.390 e. The van der Waals surface area contributed by atoms with Crippen LogP contribution in [0.5, 0.6) is 0 Å². The largest absolute Gasteiger partial charge is 0.390 e. The second-order valence-corrected chi connectivity index (χ2v) is 4.11. The van der Waals surface area contributed by atoms with E-state index in [4.69, 9.17) is 5.73 Å². The zero-order valence-corrected chi connectivity index (χ0v) is 9.81. The van der Waals surface area contributed by atoms with Crippen molar-refractivity contribution >= 4 is 16.8 Å². The highest BCUT2D eigenvalue weighted by atomic mass is 16.3. The molecule has 1 aromatic carbocycles. The summed E-state index contributed by atoms with van der Waals surface area (Å²) in [5.74, 6) is -0.329. The van der Waals surface area contributed by atoms with Crippen LogP contribution >= 0.6 is 0 Å². The summed E-state index contributed by atoms with van der Waals surface area (Å²) in [7, 11) is 0. The molecule has 2 aromatic rings. The number of para-hydroxylation sites is 1. The SMILES string of the molecule is Cc1c(CO)n(CCC(N)=O)c2ccccc12. The molecule has 1 aromatic heterocycles. The Balaban J connectivity index is 2.54. The van der Waals surface area contributed by atoms with E-state index in [2.05, 4.69) is 0 Å². The van der Waals surface area contributed by atoms with E-state index in [-0.39, 0.29) is 18.9 Å². The first-order valence-corrected chi connectivity index (χ1v) is 5.61. The van der Waals surface area contributed by atoms with Crippen molar-refractivity contribution in [2.24, 2.45) is 5.73 Å². The van der Waals surface area contributed by atoms with Crippen molar-refractivity contribution in [2.75, 3.05) is 0 Å². The fourth-order valence-electron chi connectivity index (χ4n) is 2.21. The van der Waals surface area contributed by atoms with Crippen molar-refractivity contribution in [3.8, 4) is 0 Å². The Morgan fingerprint density at radius 2 is 2.12 bits per heavy atom. The average molecular weight is 232 g/mol. The number of aliphatic hydroxyl groups is 1. The summed E-state index contributed by atoms with van der Waals surface area (Å²) >= 11 is 0. The predicted molar refractivity (Wildman–Crippen MR) is 66.4 cm³/mol. The fraction of sp³-hybridized carbons (Fsp3) is 0.308. The summed E-state index contributed by atoms with van der Waals surface area (Å²) in [6.45, 7) is 2.47. The number of hydrogen-bond donors (Lipinski definition) is 2. The summed E-state index contributed by atoms with van der Waals surface area (Å²) in [4.78, 5) is 10.9. The molecule has 2 rings (SSSR count). The Labute approximate surface area is 99.7 Å². The Bertz CT molecular complexity index is 558. The average Bonchev–Trinajstić information content (AvgIpc) is 2.60. The summed E-state index contributed by atoms with van der Waals surface area (Å²) in [5.41, 5.74) is 8.12. The number of aryl methyl sites for hydroxylation is 2. The highest BCUT2D eigenvalue weighted by Gasteiger charge is 2.12. The summed E-state index contributed by atoms with van der Waals surface area (Å²) in [5, 5.41) is 10.5. The van der Waals surface area contributed by atoms with Crippen LogP contribution in [0.1, 0.15) is 17.7 Å². The lowest BCUT2D eigenvalue weighted by Crippen LogP contribution is -2.15. The number of carbonyl (C=O) groups excluding carboxylic acids is 1. The van der Waals surface area contributed by atoms with Gasteiger partial charge >= 0.3 is 0 Å². The molecule has 0 unspecified atom stereocenters. The second-order valence-electron chi connectivity index (χ2n) is 4.11. The molecule has 0 saturated carbocycles. The van der Waals surface area contributed by atoms with Crippen LogP contribution in [-0.4, -0.2) is 15.6 Å². The lowest BCUT2D eigenvalue weighted by atomic mass is 10.1. The van der Waals surface area contributed by atoms with Crippen LogP contribution in [0.2, 0.25) is 0 Å². The molecule has 0 aliphatic carbocycles. The third kappa shape index (κ3) is 2.03. The molecule has 0 fully saturated rings. The van der Waals surface area contributed by atoms with Gasteiger partial charge in [0, 0.05) is 29.6 Å². The number of carbonyl (C=O) groups is 1. The van der Waals surface area contributed by atoms with Gasteiger partial charge in [-0.15, -0.1) is 0 Å². The molecule has 3 N–H and O–H groups in total. The van der Waals surface area contributed by atoms with E-state index >= 15 is 0 Å². The second kappa shape index (κ2) is 4.59. The smallest absolute Gasteiger partial charge is 0.219 e. The number of fused-ring (bicyclic) bond motifs is 1. The molecule has 90 valence electrons. The van der Waals surface area contributed by atoms with Crippen molar-refractivity contribution < 1.29 is 9.90 Å². The zero-order valence-electron chi connectivity index (χ0n) is 9.81. The third-order valence-electron chi connectivity index (χ3n) is 3.09. The maximum absolute atomic E-state index is 10.9. The van der Waals surface area contributed by atoms with Crippen LogP contribution in [0.4, 0.5) is 0 Å². The number of hydrogen-bond acceptors (Lipinski definition) is 2. The van der Waals surface area contributed by atoms with Crippen LogP contribution < -0.4 is 5.73 Å². The van der Waals surface area contributed by atoms with Gasteiger partial charge in [-0.2, -0.15) is 0 Å². The number of nitrogens with two attached hydrogens (primary N) is 1. The lowest BCUT2D eigenvalue weighted by molar-refractivity contribution is -0.118. The van der Waals surface area contributed by atoms with Crippen molar-refractivity contribution in [3.63, 3.8) is 0 Å². The molecule has 0 atom stereocenters. The first kappa shape index (κ1) is 11.7. The Hall–Kier alpha value is -1.81. The van der Waals surface area contributed by atoms with Crippen LogP contribution in [0.15, 0.2) is 24.3 Å². The Morgan fingerprint density at radius 1 is 1.41 bits per heavy atom. The van der Waals surface area contributed by atoms with Crippen LogP contribution in [0, 0.1) is 6.92 Å². The number of aromatic nitrogens is 1. The van der Waals surface area contributed by atoms with Gasteiger partial charge in [0.05, 0.1) is 6.61 Å². The van der Waals surface area contributed by atoms with Gasteiger partial charge in [0.15, 0.2) is 0 Å². The van der Waals surface area contributed by atoms with E-state index in [1.54, 1.807) is 0 Å². The number of benzene rings is 1. The molecule has 0 aliphatic rings. The summed E-state index contributed by atoms with van der Waals surface area (Å²) in [6.07, 6.45) is 0.283. The molecule has 0 bridgehead atoms. The number of amides is 1. The van der Waals surface area contributed by atoms with Crippen molar-refractivity contribution in [2.45, 2.75) is 26.5 Å². The van der Waals surface area contributed by atoms with Gasteiger partial charge in [0.1, 0.15) is 0 Å². The summed E-state index contributed by atoms with van der Waals surface area (Å²) in [6, 6.07) is 7.92. The highest BCUT2D eigenvalue weighted by molar-refractivity contribution is 5.85. The molecule has 4 heteroatoms. The van der Waals surface area contributed by atoms with Gasteiger partial charge in [-0.3, -0.25) is 4.79 Å². The lowest BCUT2D eigenvalue weighted by Gasteiger charge is -2.08. The Kier molecular flexibility index (Phi) is 3.15. The minimum absolute atomic E-state index is 0.0285. The van der Waals surface area contributed by atoms with Crippen molar-refractivity contribution in [1.82, 2.24) is 4.57 Å². The molecule has 4 nitrogen and oxygen atoms in total. The maximum Gasteiger partial charge on any atom is 0.219 e. The topological polar surface area (TPSA) is 68.2 Å². The standard InChI is InChI=1S/C13H16N2O2/c1-9-10-4-2-3-5-11(10)15(12(9)8-16)7-6-13(14)17/h2-5,16H,6-8H2,1H3,(H2,14,17). The molecule has 1 heterocycles. The molecule has 0 radical (unpaired) electrons. The van der Waals surface area contributed by atoms with Gasteiger partial charge in [-0.25, -0.2) is 0 Å². The number of rotatable bonds is 4. The molecule has 17 heavy (non-hydrogen) atoms. The molecule has 0 spiro atoms. The molecule has 0 saturated heterocycles. The van der Waals surface area contributed by atoms with Crippen LogP contribution in [0.3, 0.4) is 0 Å². The monoisotopic (exact) mass is 232 g/mol. The van der Waals surface area contributed by atoms with E-state index in [1.807, 2.05) is 35.8 Å². The first-order valence-electron chi connectivity index (χ1n) is 5.61. The number of aliphatic hydroxyl groups excluding tert-OH is 1. The van der Waals surface area contributed by atoms with Crippen molar-refractivity contribution in [1.29, 1.82) is 0 Å². The number of nitrogens with zero attached hydrogens (tertiary/aromatic N) is 1. The van der Waals surface area contributed by atoms with Gasteiger partial charge in [-0.1, -0.05) is 18.2 Å². The van der Waals surface area contributed by atoms with Gasteiger partial charge in [0.25, 0.3) is 0 Å². The Morgan fingerprint density at radius 3 is 2.76 bits per heavy atom. The first-order chi connectivity index (χ1) is 8.15. The van der Waals surface area contributed by atoms with Crippen LogP contribution in [-0.2, 0) is 17.9 Å². The van der Waals surface area contributed by atoms with E-state index < -0.39 is 0 Å².